The van der Waals surface area contributed by atoms with E-state index in [0.717, 1.165) is 31.3 Å². The lowest BCUT2D eigenvalue weighted by Gasteiger charge is -2.32. The fourth-order valence-corrected chi connectivity index (χ4v) is 4.01. The Hall–Kier alpha value is -0.570. The topological polar surface area (TPSA) is 32.3 Å². The van der Waals surface area contributed by atoms with Crippen LogP contribution < -0.4 is 5.32 Å². The van der Waals surface area contributed by atoms with Crippen molar-refractivity contribution in [2.45, 2.75) is 57.9 Å². The average molecular weight is 278 g/mol. The van der Waals surface area contributed by atoms with Crippen molar-refractivity contribution in [3.05, 3.63) is 0 Å². The molecule has 2 unspecified atom stereocenters. The molecule has 3 rings (SSSR count). The highest BCUT2D eigenvalue weighted by Crippen LogP contribution is 2.47. The summed E-state index contributed by atoms with van der Waals surface area (Å²) in [4.78, 5) is 14.7. The van der Waals surface area contributed by atoms with E-state index in [1.54, 1.807) is 0 Å². The number of rotatable bonds is 6. The summed E-state index contributed by atoms with van der Waals surface area (Å²) in [6, 6.07) is 0.569. The quantitative estimate of drug-likeness (QED) is 0.810. The number of nitrogens with zero attached hydrogens (tertiary/aromatic N) is 1. The summed E-state index contributed by atoms with van der Waals surface area (Å²) in [5, 5.41) is 3.47. The minimum absolute atomic E-state index is 0.395. The van der Waals surface area contributed by atoms with Gasteiger partial charge >= 0.3 is 0 Å². The lowest BCUT2D eigenvalue weighted by atomic mass is 9.85. The van der Waals surface area contributed by atoms with E-state index in [-0.39, 0.29) is 0 Å². The fourth-order valence-electron chi connectivity index (χ4n) is 4.01. The summed E-state index contributed by atoms with van der Waals surface area (Å²) in [6.45, 7) is 4.53. The summed E-state index contributed by atoms with van der Waals surface area (Å²) >= 11 is 0. The highest BCUT2D eigenvalue weighted by molar-refractivity contribution is 5.76. The van der Waals surface area contributed by atoms with Crippen molar-refractivity contribution in [2.24, 2.45) is 23.7 Å². The first-order chi connectivity index (χ1) is 9.66. The van der Waals surface area contributed by atoms with Crippen molar-refractivity contribution in [2.75, 3.05) is 20.1 Å². The van der Waals surface area contributed by atoms with E-state index in [9.17, 15) is 4.79 Å². The van der Waals surface area contributed by atoms with E-state index in [1.807, 2.05) is 0 Å². The molecule has 1 aliphatic heterocycles. The number of nitrogens with one attached hydrogen (secondary N) is 1. The monoisotopic (exact) mass is 278 g/mol. The molecule has 114 valence electrons. The van der Waals surface area contributed by atoms with Gasteiger partial charge in [0.25, 0.3) is 0 Å². The maximum atomic E-state index is 12.6. The minimum atomic E-state index is 0.395. The Morgan fingerprint density at radius 3 is 2.30 bits per heavy atom. The SMILES string of the molecule is CC(CC(=O)N(C)C(C1CC1)C1CC1)C1CCCNC1. The van der Waals surface area contributed by atoms with Crippen LogP contribution in [-0.4, -0.2) is 37.0 Å². The molecule has 0 bridgehead atoms. The van der Waals surface area contributed by atoms with E-state index < -0.39 is 0 Å². The van der Waals surface area contributed by atoms with Crippen LogP contribution >= 0.6 is 0 Å². The lowest BCUT2D eigenvalue weighted by Crippen LogP contribution is -2.42. The van der Waals surface area contributed by atoms with Crippen molar-refractivity contribution in [1.82, 2.24) is 10.2 Å². The Morgan fingerprint density at radius 1 is 1.15 bits per heavy atom. The predicted molar refractivity (Wildman–Crippen MR) is 81.4 cm³/mol. The Morgan fingerprint density at radius 2 is 1.80 bits per heavy atom. The average Bonchev–Trinajstić information content (AvgIpc) is 3.34. The molecule has 0 aromatic rings. The van der Waals surface area contributed by atoms with Crippen LogP contribution in [0.2, 0.25) is 0 Å². The standard InChI is InChI=1S/C17H30N2O/c1-12(15-4-3-9-18-11-15)10-16(20)19(2)17(13-5-6-13)14-7-8-14/h12-15,17-18H,3-11H2,1-2H3. The molecule has 3 aliphatic rings. The zero-order valence-corrected chi connectivity index (χ0v) is 13.1. The molecule has 2 aliphatic carbocycles. The van der Waals surface area contributed by atoms with Gasteiger partial charge in [0.2, 0.25) is 5.91 Å². The normalized spacial score (nSPS) is 28.4. The molecule has 0 radical (unpaired) electrons. The number of hydrogen-bond donors (Lipinski definition) is 1. The second kappa shape index (κ2) is 6.05. The third kappa shape index (κ3) is 3.36. The van der Waals surface area contributed by atoms with Gasteiger partial charge in [-0.3, -0.25) is 4.79 Å². The van der Waals surface area contributed by atoms with E-state index in [2.05, 4.69) is 24.2 Å². The summed E-state index contributed by atoms with van der Waals surface area (Å²) < 4.78 is 0. The van der Waals surface area contributed by atoms with Gasteiger partial charge in [0, 0.05) is 19.5 Å². The number of carbonyl (C=O) groups is 1. The second-order valence-electron chi connectivity index (χ2n) is 7.46. The molecule has 0 aromatic heterocycles. The van der Waals surface area contributed by atoms with Crippen LogP contribution in [0.1, 0.15) is 51.9 Å². The van der Waals surface area contributed by atoms with Crippen molar-refractivity contribution < 1.29 is 4.79 Å². The van der Waals surface area contributed by atoms with Crippen LogP contribution in [0.4, 0.5) is 0 Å². The maximum absolute atomic E-state index is 12.6. The summed E-state index contributed by atoms with van der Waals surface area (Å²) in [5.41, 5.74) is 0. The maximum Gasteiger partial charge on any atom is 0.222 e. The van der Waals surface area contributed by atoms with Crippen LogP contribution in [0.15, 0.2) is 0 Å². The molecule has 3 heteroatoms. The Bertz CT molecular complexity index is 331. The zero-order valence-electron chi connectivity index (χ0n) is 13.1. The number of hydrogen-bond acceptors (Lipinski definition) is 2. The van der Waals surface area contributed by atoms with Gasteiger partial charge in [-0.05, 0) is 75.3 Å². The molecule has 0 aromatic carbocycles. The van der Waals surface area contributed by atoms with Crippen molar-refractivity contribution in [1.29, 1.82) is 0 Å². The summed E-state index contributed by atoms with van der Waals surface area (Å²) in [7, 11) is 2.06. The van der Waals surface area contributed by atoms with Gasteiger partial charge in [-0.1, -0.05) is 6.92 Å². The summed E-state index contributed by atoms with van der Waals surface area (Å²) in [5.74, 6) is 3.26. The van der Waals surface area contributed by atoms with Crippen LogP contribution in [-0.2, 0) is 4.79 Å². The molecule has 3 nitrogen and oxygen atoms in total. The van der Waals surface area contributed by atoms with Crippen LogP contribution in [0.25, 0.3) is 0 Å². The van der Waals surface area contributed by atoms with Gasteiger partial charge < -0.3 is 10.2 Å². The molecule has 3 fully saturated rings. The molecule has 20 heavy (non-hydrogen) atoms. The predicted octanol–water partition coefficient (Wildman–Crippen LogP) is 2.66. The van der Waals surface area contributed by atoms with E-state index in [4.69, 9.17) is 0 Å². The third-order valence-corrected chi connectivity index (χ3v) is 5.69. The van der Waals surface area contributed by atoms with E-state index in [1.165, 1.54) is 38.5 Å². The van der Waals surface area contributed by atoms with E-state index in [0.29, 0.717) is 23.8 Å². The van der Waals surface area contributed by atoms with Gasteiger partial charge in [0.05, 0.1) is 0 Å². The van der Waals surface area contributed by atoms with Gasteiger partial charge in [-0.15, -0.1) is 0 Å². The van der Waals surface area contributed by atoms with Crippen LogP contribution in [0.3, 0.4) is 0 Å². The highest BCUT2D eigenvalue weighted by Gasteiger charge is 2.45. The molecule has 1 amide bonds. The number of carbonyl (C=O) groups excluding carboxylic acids is 1. The molecule has 0 spiro atoms. The molecule has 2 atom stereocenters. The van der Waals surface area contributed by atoms with E-state index >= 15 is 0 Å². The fraction of sp³-hybridized carbons (Fsp3) is 0.941. The first-order valence-electron chi connectivity index (χ1n) is 8.63. The molecular formula is C17H30N2O. The second-order valence-corrected chi connectivity index (χ2v) is 7.46. The van der Waals surface area contributed by atoms with Gasteiger partial charge in [-0.2, -0.15) is 0 Å². The highest BCUT2D eigenvalue weighted by atomic mass is 16.2. The molecule has 1 saturated heterocycles. The first-order valence-corrected chi connectivity index (χ1v) is 8.63. The Balaban J connectivity index is 1.51. The molecular weight excluding hydrogens is 248 g/mol. The number of piperidine rings is 1. The zero-order chi connectivity index (χ0) is 14.1. The van der Waals surface area contributed by atoms with Crippen molar-refractivity contribution in [3.8, 4) is 0 Å². The minimum Gasteiger partial charge on any atom is -0.342 e. The Labute approximate surface area is 123 Å². The first kappa shape index (κ1) is 14.4. The summed E-state index contributed by atoms with van der Waals surface area (Å²) in [6.07, 6.45) is 8.70. The van der Waals surface area contributed by atoms with Gasteiger partial charge in [-0.25, -0.2) is 0 Å². The molecule has 1 heterocycles. The van der Waals surface area contributed by atoms with Crippen molar-refractivity contribution in [3.63, 3.8) is 0 Å². The number of amides is 1. The van der Waals surface area contributed by atoms with Gasteiger partial charge in [0.15, 0.2) is 0 Å². The smallest absolute Gasteiger partial charge is 0.222 e. The van der Waals surface area contributed by atoms with Crippen molar-refractivity contribution >= 4 is 5.91 Å². The van der Waals surface area contributed by atoms with Gasteiger partial charge in [0.1, 0.15) is 0 Å². The van der Waals surface area contributed by atoms with Crippen LogP contribution in [0.5, 0.6) is 0 Å². The third-order valence-electron chi connectivity index (χ3n) is 5.69. The molecule has 2 saturated carbocycles. The lowest BCUT2D eigenvalue weighted by molar-refractivity contribution is -0.134. The largest absolute Gasteiger partial charge is 0.342 e. The molecule has 1 N–H and O–H groups in total. The Kier molecular flexibility index (Phi) is 4.34. The van der Waals surface area contributed by atoms with Crippen LogP contribution in [0, 0.1) is 23.7 Å².